The number of carbonyl (C=O) groups is 7. The Morgan fingerprint density at radius 3 is 1.34 bits per heavy atom. The predicted molar refractivity (Wildman–Crippen MR) is 340 cm³/mol. The van der Waals surface area contributed by atoms with E-state index in [-0.39, 0.29) is 92.1 Å². The Labute approximate surface area is 521 Å². The van der Waals surface area contributed by atoms with Crippen molar-refractivity contribution < 1.29 is 71.5 Å². The predicted octanol–water partition coefficient (Wildman–Crippen LogP) is 9.98. The normalized spacial score (nSPS) is 14.5. The van der Waals surface area contributed by atoms with E-state index in [9.17, 15) is 33.6 Å². The van der Waals surface area contributed by atoms with Gasteiger partial charge in [0.25, 0.3) is 0 Å². The van der Waals surface area contributed by atoms with E-state index in [1.165, 1.54) is 140 Å². The molecular formula is C64H118N4O15S2. The summed E-state index contributed by atoms with van der Waals surface area (Å²) in [7, 11) is 0. The Morgan fingerprint density at radius 1 is 0.471 bits per heavy atom. The van der Waals surface area contributed by atoms with Crippen molar-refractivity contribution in [1.29, 1.82) is 0 Å². The number of thioether (sulfide) groups is 2. The standard InChI is InChI=1S/C64H118N4O15S2/c1-3-5-7-9-11-13-15-17-19-21-23-25-27-31-61(72)82-50-56(83-62(73)32-28-26-24-22-20-18-16-14-12-10-8-6-4-2)51-84-52-57(66)63(74)58(67)53-85-59-48-60(71)68(64(59)75)35-33-54(69)30-29-36-76-38-40-78-42-44-80-46-47-81-45-43-79-41-39-77-37-34-55(70)49-65/h56-59H,3-53,65-67H2,1-2H3. The van der Waals surface area contributed by atoms with Gasteiger partial charge < -0.3 is 55.1 Å². The summed E-state index contributed by atoms with van der Waals surface area (Å²) in [6, 6.07) is -1.92. The number of amides is 2. The average molecular weight is 1250 g/mol. The monoisotopic (exact) mass is 1250 g/mol. The summed E-state index contributed by atoms with van der Waals surface area (Å²) in [5, 5.41) is -0.716. The third-order valence-electron chi connectivity index (χ3n) is 14.7. The third kappa shape index (κ3) is 49.0. The van der Waals surface area contributed by atoms with Crippen molar-refractivity contribution in [2.45, 2.75) is 249 Å². The van der Waals surface area contributed by atoms with Crippen LogP contribution in [0.2, 0.25) is 0 Å². The summed E-state index contributed by atoms with van der Waals surface area (Å²) in [6.07, 6.45) is 32.4. The van der Waals surface area contributed by atoms with Gasteiger partial charge in [-0.05, 0) is 19.3 Å². The summed E-state index contributed by atoms with van der Waals surface area (Å²) < 4.78 is 44.2. The van der Waals surface area contributed by atoms with E-state index in [0.717, 1.165) is 55.2 Å². The topological polar surface area (TPSA) is 275 Å². The molecule has 0 spiro atoms. The molecule has 0 aliphatic carbocycles. The number of rotatable bonds is 66. The van der Waals surface area contributed by atoms with E-state index in [2.05, 4.69) is 13.8 Å². The van der Waals surface area contributed by atoms with Gasteiger partial charge >= 0.3 is 11.9 Å². The van der Waals surface area contributed by atoms with Crippen molar-refractivity contribution in [3.63, 3.8) is 0 Å². The van der Waals surface area contributed by atoms with Crippen LogP contribution >= 0.6 is 23.5 Å². The maximum atomic E-state index is 13.3. The van der Waals surface area contributed by atoms with Crippen molar-refractivity contribution in [3.05, 3.63) is 0 Å². The van der Waals surface area contributed by atoms with Gasteiger partial charge in [-0.3, -0.25) is 38.5 Å². The highest BCUT2D eigenvalue weighted by atomic mass is 32.2. The van der Waals surface area contributed by atoms with Crippen LogP contribution in [0.5, 0.6) is 0 Å². The number of imide groups is 1. The Morgan fingerprint density at radius 2 is 0.882 bits per heavy atom. The first kappa shape index (κ1) is 80.4. The van der Waals surface area contributed by atoms with Crippen LogP contribution in [-0.4, -0.2) is 186 Å². The summed E-state index contributed by atoms with van der Waals surface area (Å²) in [5.74, 6) is -1.39. The van der Waals surface area contributed by atoms with Crippen molar-refractivity contribution >= 4 is 64.6 Å². The quantitative estimate of drug-likeness (QED) is 0.0290. The lowest BCUT2D eigenvalue weighted by molar-refractivity contribution is -0.157. The fourth-order valence-corrected chi connectivity index (χ4v) is 11.5. The number of Topliss-reactive ketones (excluding diaryl/α,β-unsaturated/α-hetero) is 3. The minimum absolute atomic E-state index is 0.00964. The maximum Gasteiger partial charge on any atom is 0.306 e. The summed E-state index contributed by atoms with van der Waals surface area (Å²) in [4.78, 5) is 90.0. The van der Waals surface area contributed by atoms with E-state index >= 15 is 0 Å². The molecular weight excluding hydrogens is 1130 g/mol. The first-order valence-corrected chi connectivity index (χ1v) is 35.3. The molecule has 1 aliphatic heterocycles. The van der Waals surface area contributed by atoms with Crippen molar-refractivity contribution in [2.75, 3.05) is 116 Å². The summed E-state index contributed by atoms with van der Waals surface area (Å²) in [5.41, 5.74) is 17.9. The zero-order chi connectivity index (χ0) is 62.1. The molecule has 0 aromatic carbocycles. The van der Waals surface area contributed by atoms with Crippen LogP contribution in [-0.2, 0) is 71.5 Å². The fourth-order valence-electron chi connectivity index (χ4n) is 9.42. The molecule has 1 saturated heterocycles. The van der Waals surface area contributed by atoms with Gasteiger partial charge in [0, 0.05) is 68.9 Å². The molecule has 0 aromatic heterocycles. The molecule has 4 atom stereocenters. The number of carbonyl (C=O) groups excluding carboxylic acids is 7. The van der Waals surface area contributed by atoms with Gasteiger partial charge in [-0.25, -0.2) is 0 Å². The largest absolute Gasteiger partial charge is 0.462 e. The highest BCUT2D eigenvalue weighted by molar-refractivity contribution is 8.00. The molecule has 1 fully saturated rings. The highest BCUT2D eigenvalue weighted by Gasteiger charge is 2.39. The molecule has 4 unspecified atom stereocenters. The molecule has 0 radical (unpaired) electrons. The van der Waals surface area contributed by atoms with Gasteiger partial charge in [-0.2, -0.15) is 11.8 Å². The number of esters is 2. The van der Waals surface area contributed by atoms with Gasteiger partial charge in [0.2, 0.25) is 11.8 Å². The van der Waals surface area contributed by atoms with Crippen LogP contribution in [0.1, 0.15) is 226 Å². The molecule has 0 aromatic rings. The highest BCUT2D eigenvalue weighted by Crippen LogP contribution is 2.26. The van der Waals surface area contributed by atoms with Crippen molar-refractivity contribution in [3.8, 4) is 0 Å². The van der Waals surface area contributed by atoms with Gasteiger partial charge in [0.1, 0.15) is 24.3 Å². The molecule has 6 N–H and O–H groups in total. The molecule has 19 nitrogen and oxygen atoms in total. The van der Waals surface area contributed by atoms with E-state index < -0.39 is 35.1 Å². The second kappa shape index (κ2) is 59.1. The van der Waals surface area contributed by atoms with E-state index in [0.29, 0.717) is 98.5 Å². The van der Waals surface area contributed by atoms with Gasteiger partial charge in [0.05, 0.1) is 96.6 Å². The van der Waals surface area contributed by atoms with Crippen LogP contribution in [0, 0.1) is 0 Å². The minimum Gasteiger partial charge on any atom is -0.462 e. The number of hydrogen-bond donors (Lipinski definition) is 3. The number of ether oxygens (including phenoxy) is 8. The Kier molecular flexibility index (Phi) is 55.9. The lowest BCUT2D eigenvalue weighted by Gasteiger charge is -2.20. The number of unbranched alkanes of at least 4 members (excludes halogenated alkanes) is 24. The Hall–Kier alpha value is -2.57. The van der Waals surface area contributed by atoms with Crippen LogP contribution in [0.25, 0.3) is 0 Å². The Balaban J connectivity index is 2.34. The molecule has 1 rings (SSSR count). The maximum absolute atomic E-state index is 13.3. The minimum atomic E-state index is -0.984. The number of likely N-dealkylation sites (tertiary alicyclic amines) is 1. The van der Waals surface area contributed by atoms with Gasteiger partial charge in [-0.1, -0.05) is 168 Å². The molecule has 496 valence electrons. The molecule has 21 heteroatoms. The van der Waals surface area contributed by atoms with Crippen LogP contribution in [0.3, 0.4) is 0 Å². The lowest BCUT2D eigenvalue weighted by atomic mass is 10.0. The lowest BCUT2D eigenvalue weighted by Crippen LogP contribution is -2.46. The van der Waals surface area contributed by atoms with Crippen LogP contribution < -0.4 is 17.2 Å². The zero-order valence-electron chi connectivity index (χ0n) is 53.0. The molecule has 0 bridgehead atoms. The SMILES string of the molecule is CCCCCCCCCCCCCCCC(=O)OCC(CSCC(N)C(=O)C(N)CSC1CC(=O)N(CCC(=O)CCCOCCOCCOCCOCCOCCOCCC(=O)CN)C1=O)OC(=O)CCCCCCCCCCCCCCC. The smallest absolute Gasteiger partial charge is 0.306 e. The average Bonchev–Trinajstić information content (AvgIpc) is 3.40. The van der Waals surface area contributed by atoms with E-state index in [4.69, 9.17) is 55.1 Å². The summed E-state index contributed by atoms with van der Waals surface area (Å²) in [6.45, 7) is 9.24. The molecule has 1 heterocycles. The second-order valence-corrected chi connectivity index (χ2v) is 24.7. The molecule has 0 saturated carbocycles. The molecule has 1 aliphatic rings. The van der Waals surface area contributed by atoms with Crippen LogP contribution in [0.4, 0.5) is 0 Å². The number of ketones is 3. The van der Waals surface area contributed by atoms with E-state index in [1.807, 2.05) is 0 Å². The number of nitrogens with zero attached hydrogens (tertiary/aromatic N) is 1. The van der Waals surface area contributed by atoms with E-state index in [1.54, 1.807) is 0 Å². The van der Waals surface area contributed by atoms with Gasteiger partial charge in [-0.15, -0.1) is 11.8 Å². The summed E-state index contributed by atoms with van der Waals surface area (Å²) >= 11 is 2.46. The second-order valence-electron chi connectivity index (χ2n) is 22.4. The van der Waals surface area contributed by atoms with Crippen LogP contribution in [0.15, 0.2) is 0 Å². The molecule has 85 heavy (non-hydrogen) atoms. The molecule has 2 amide bonds. The van der Waals surface area contributed by atoms with Crippen molar-refractivity contribution in [1.82, 2.24) is 4.90 Å². The number of hydrogen-bond acceptors (Lipinski definition) is 20. The first-order valence-electron chi connectivity index (χ1n) is 33.1. The van der Waals surface area contributed by atoms with Crippen molar-refractivity contribution in [2.24, 2.45) is 17.2 Å². The number of nitrogens with two attached hydrogens (primary N) is 3. The zero-order valence-corrected chi connectivity index (χ0v) is 54.6. The first-order chi connectivity index (χ1) is 41.4. The van der Waals surface area contributed by atoms with Gasteiger partial charge in [0.15, 0.2) is 5.78 Å². The Bertz CT molecular complexity index is 1690. The third-order valence-corrected chi connectivity index (χ3v) is 17.2. The fraction of sp³-hybridized carbons (Fsp3) is 0.891.